The third-order valence-corrected chi connectivity index (χ3v) is 4.86. The topological polar surface area (TPSA) is 67.9 Å². The van der Waals surface area contributed by atoms with E-state index in [1.165, 1.54) is 7.11 Å². The molecule has 1 unspecified atom stereocenters. The molecule has 142 valence electrons. The molecule has 6 nitrogen and oxygen atoms in total. The predicted octanol–water partition coefficient (Wildman–Crippen LogP) is 3.03. The number of hydrogen-bond donors (Lipinski definition) is 1. The zero-order valence-corrected chi connectivity index (χ0v) is 16.0. The van der Waals surface area contributed by atoms with Gasteiger partial charge in [-0.15, -0.1) is 0 Å². The van der Waals surface area contributed by atoms with Gasteiger partial charge in [-0.2, -0.15) is 0 Å². The fraction of sp³-hybridized carbons (Fsp3) is 0.300. The van der Waals surface area contributed by atoms with Crippen molar-refractivity contribution >= 4 is 29.1 Å². The molecule has 0 saturated carbocycles. The van der Waals surface area contributed by atoms with E-state index in [-0.39, 0.29) is 18.2 Å². The van der Waals surface area contributed by atoms with Crippen molar-refractivity contribution in [3.05, 3.63) is 53.1 Å². The average molecular weight is 389 g/mol. The second-order valence-electron chi connectivity index (χ2n) is 6.29. The largest absolute Gasteiger partial charge is 0.497 e. The SMILES string of the molecule is COc1ccc(CNC(=O)C2CC(=O)N(c3ccc(OC)c(Cl)c3)C2)cc1. The van der Waals surface area contributed by atoms with Crippen molar-refractivity contribution < 1.29 is 19.1 Å². The Morgan fingerprint density at radius 3 is 2.56 bits per heavy atom. The summed E-state index contributed by atoms with van der Waals surface area (Å²) in [6.45, 7) is 0.734. The number of carbonyl (C=O) groups excluding carboxylic acids is 2. The van der Waals surface area contributed by atoms with Crippen molar-refractivity contribution in [3.8, 4) is 11.5 Å². The molecule has 27 heavy (non-hydrogen) atoms. The monoisotopic (exact) mass is 388 g/mol. The molecule has 2 amide bonds. The van der Waals surface area contributed by atoms with Crippen LogP contribution >= 0.6 is 11.6 Å². The Morgan fingerprint density at radius 1 is 1.19 bits per heavy atom. The van der Waals surface area contributed by atoms with Gasteiger partial charge in [-0.3, -0.25) is 9.59 Å². The first-order valence-electron chi connectivity index (χ1n) is 8.56. The van der Waals surface area contributed by atoms with E-state index < -0.39 is 5.92 Å². The number of rotatable bonds is 6. The van der Waals surface area contributed by atoms with Gasteiger partial charge in [0.05, 0.1) is 25.2 Å². The van der Waals surface area contributed by atoms with Crippen LogP contribution in [-0.2, 0) is 16.1 Å². The number of ether oxygens (including phenoxy) is 2. The summed E-state index contributed by atoms with van der Waals surface area (Å²) in [5.74, 6) is 0.680. The summed E-state index contributed by atoms with van der Waals surface area (Å²) in [6, 6.07) is 12.6. The minimum absolute atomic E-state index is 0.0965. The van der Waals surface area contributed by atoms with E-state index in [2.05, 4.69) is 5.32 Å². The lowest BCUT2D eigenvalue weighted by Gasteiger charge is -2.18. The molecule has 1 saturated heterocycles. The molecule has 7 heteroatoms. The lowest BCUT2D eigenvalue weighted by Crippen LogP contribution is -2.32. The van der Waals surface area contributed by atoms with Crippen LogP contribution < -0.4 is 19.7 Å². The van der Waals surface area contributed by atoms with Gasteiger partial charge in [0.15, 0.2) is 0 Å². The molecule has 0 spiro atoms. The van der Waals surface area contributed by atoms with E-state index >= 15 is 0 Å². The highest BCUT2D eigenvalue weighted by Gasteiger charge is 2.35. The van der Waals surface area contributed by atoms with Gasteiger partial charge < -0.3 is 19.7 Å². The lowest BCUT2D eigenvalue weighted by atomic mass is 10.1. The molecule has 0 aliphatic carbocycles. The minimum Gasteiger partial charge on any atom is -0.497 e. The van der Waals surface area contributed by atoms with Crippen LogP contribution in [0.5, 0.6) is 11.5 Å². The molecule has 1 atom stereocenters. The number of nitrogens with zero attached hydrogens (tertiary/aromatic N) is 1. The van der Waals surface area contributed by atoms with Crippen molar-refractivity contribution in [2.75, 3.05) is 25.7 Å². The predicted molar refractivity (Wildman–Crippen MR) is 103 cm³/mol. The second kappa shape index (κ2) is 8.31. The quantitative estimate of drug-likeness (QED) is 0.826. The van der Waals surface area contributed by atoms with Crippen LogP contribution in [-0.4, -0.2) is 32.6 Å². The summed E-state index contributed by atoms with van der Waals surface area (Å²) < 4.78 is 10.2. The highest BCUT2D eigenvalue weighted by Crippen LogP contribution is 2.32. The third-order valence-electron chi connectivity index (χ3n) is 4.57. The molecule has 0 aromatic heterocycles. The molecule has 1 N–H and O–H groups in total. The normalized spacial score (nSPS) is 16.3. The van der Waals surface area contributed by atoms with Crippen LogP contribution in [0.15, 0.2) is 42.5 Å². The first-order chi connectivity index (χ1) is 13.0. The number of halogens is 1. The molecule has 1 heterocycles. The summed E-state index contributed by atoms with van der Waals surface area (Å²) in [7, 11) is 3.14. The highest BCUT2D eigenvalue weighted by molar-refractivity contribution is 6.32. The van der Waals surface area contributed by atoms with Gasteiger partial charge in [-0.05, 0) is 35.9 Å². The van der Waals surface area contributed by atoms with Gasteiger partial charge in [0, 0.05) is 25.2 Å². The van der Waals surface area contributed by atoms with Crippen LogP contribution in [0.25, 0.3) is 0 Å². The van der Waals surface area contributed by atoms with E-state index in [0.717, 1.165) is 11.3 Å². The molecular formula is C20H21ClN2O4. The molecular weight excluding hydrogens is 368 g/mol. The molecule has 1 aliphatic heterocycles. The van der Waals surface area contributed by atoms with Gasteiger partial charge in [0.25, 0.3) is 0 Å². The maximum absolute atomic E-state index is 12.5. The van der Waals surface area contributed by atoms with Gasteiger partial charge in [0.2, 0.25) is 11.8 Å². The molecule has 3 rings (SSSR count). The lowest BCUT2D eigenvalue weighted by molar-refractivity contribution is -0.126. The Kier molecular flexibility index (Phi) is 5.86. The van der Waals surface area contributed by atoms with Gasteiger partial charge in [0.1, 0.15) is 11.5 Å². The third kappa shape index (κ3) is 4.34. The number of nitrogens with one attached hydrogen (secondary N) is 1. The van der Waals surface area contributed by atoms with Crippen LogP contribution in [0.1, 0.15) is 12.0 Å². The molecule has 1 fully saturated rings. The van der Waals surface area contributed by atoms with Crippen molar-refractivity contribution in [2.24, 2.45) is 5.92 Å². The van der Waals surface area contributed by atoms with Gasteiger partial charge in [-0.1, -0.05) is 23.7 Å². The van der Waals surface area contributed by atoms with Crippen LogP contribution in [0.2, 0.25) is 5.02 Å². The second-order valence-corrected chi connectivity index (χ2v) is 6.70. The van der Waals surface area contributed by atoms with E-state index in [1.54, 1.807) is 30.2 Å². The number of benzene rings is 2. The molecule has 2 aromatic rings. The number of anilines is 1. The number of carbonyl (C=O) groups is 2. The summed E-state index contributed by atoms with van der Waals surface area (Å²) in [5, 5.41) is 3.32. The van der Waals surface area contributed by atoms with Gasteiger partial charge >= 0.3 is 0 Å². The van der Waals surface area contributed by atoms with Crippen molar-refractivity contribution in [3.63, 3.8) is 0 Å². The zero-order chi connectivity index (χ0) is 19.4. The van der Waals surface area contributed by atoms with E-state index in [9.17, 15) is 9.59 Å². The zero-order valence-electron chi connectivity index (χ0n) is 15.2. The Morgan fingerprint density at radius 2 is 1.93 bits per heavy atom. The number of methoxy groups -OCH3 is 2. The summed E-state index contributed by atoms with van der Waals surface area (Å²) in [5.41, 5.74) is 1.63. The minimum atomic E-state index is -0.392. The first kappa shape index (κ1) is 19.0. The Labute approximate surface area is 163 Å². The van der Waals surface area contributed by atoms with Crippen LogP contribution in [0.4, 0.5) is 5.69 Å². The van der Waals surface area contributed by atoms with Gasteiger partial charge in [-0.25, -0.2) is 0 Å². The standard InChI is InChI=1S/C20H21ClN2O4/c1-26-16-6-3-13(4-7-16)11-22-20(25)14-9-19(24)23(12-14)15-5-8-18(27-2)17(21)10-15/h3-8,10,14H,9,11-12H2,1-2H3,(H,22,25). The fourth-order valence-electron chi connectivity index (χ4n) is 3.03. The fourth-order valence-corrected chi connectivity index (χ4v) is 3.28. The molecule has 1 aliphatic rings. The van der Waals surface area contributed by atoms with E-state index in [0.29, 0.717) is 29.5 Å². The summed E-state index contributed by atoms with van der Waals surface area (Å²) in [4.78, 5) is 26.4. The summed E-state index contributed by atoms with van der Waals surface area (Å²) >= 11 is 6.14. The Hall–Kier alpha value is -2.73. The summed E-state index contributed by atoms with van der Waals surface area (Å²) in [6.07, 6.45) is 0.179. The molecule has 2 aromatic carbocycles. The van der Waals surface area contributed by atoms with Crippen LogP contribution in [0.3, 0.4) is 0 Å². The first-order valence-corrected chi connectivity index (χ1v) is 8.94. The number of amides is 2. The number of hydrogen-bond acceptors (Lipinski definition) is 4. The Balaban J connectivity index is 1.60. The van der Waals surface area contributed by atoms with Crippen LogP contribution in [0, 0.1) is 5.92 Å². The van der Waals surface area contributed by atoms with Crippen molar-refractivity contribution in [2.45, 2.75) is 13.0 Å². The molecule has 0 radical (unpaired) electrons. The maximum Gasteiger partial charge on any atom is 0.227 e. The van der Waals surface area contributed by atoms with Crippen molar-refractivity contribution in [1.82, 2.24) is 5.32 Å². The molecule has 0 bridgehead atoms. The highest BCUT2D eigenvalue weighted by atomic mass is 35.5. The van der Waals surface area contributed by atoms with Crippen molar-refractivity contribution in [1.29, 1.82) is 0 Å². The average Bonchev–Trinajstić information content (AvgIpc) is 3.08. The maximum atomic E-state index is 12.5. The van der Waals surface area contributed by atoms with E-state index in [4.69, 9.17) is 21.1 Å². The Bertz CT molecular complexity index is 838. The van der Waals surface area contributed by atoms with E-state index in [1.807, 2.05) is 24.3 Å². The smallest absolute Gasteiger partial charge is 0.227 e.